The van der Waals surface area contributed by atoms with E-state index in [2.05, 4.69) is 33.0 Å². The summed E-state index contributed by atoms with van der Waals surface area (Å²) in [6.07, 6.45) is 14.7. The number of hydrogen-bond acceptors (Lipinski definition) is 3. The van der Waals surface area contributed by atoms with Gasteiger partial charge in [-0.25, -0.2) is 0 Å². The van der Waals surface area contributed by atoms with Crippen LogP contribution in [0.1, 0.15) is 5.56 Å². The second kappa shape index (κ2) is 15.4. The van der Waals surface area contributed by atoms with Gasteiger partial charge in [0.15, 0.2) is 0 Å². The smallest absolute Gasteiger partial charge is 0.366 e. The molecule has 0 amide bonds. The van der Waals surface area contributed by atoms with E-state index in [-0.39, 0.29) is 36.8 Å². The van der Waals surface area contributed by atoms with E-state index < -0.39 is 23.3 Å². The van der Waals surface area contributed by atoms with Gasteiger partial charge in [0.25, 0.3) is 0 Å². The van der Waals surface area contributed by atoms with Gasteiger partial charge < -0.3 is 20.5 Å². The average Bonchev–Trinajstić information content (AvgIpc) is 3.62. The Morgan fingerprint density at radius 2 is 1.26 bits per heavy atom. The molecule has 0 spiro atoms. The topological polar surface area (TPSA) is 48.5 Å². The van der Waals surface area contributed by atoms with Gasteiger partial charge in [0, 0.05) is 56.7 Å². The van der Waals surface area contributed by atoms with Crippen LogP contribution >= 0.6 is 0 Å². The number of benzene rings is 3. The first-order valence-electron chi connectivity index (χ1n) is 12.4. The molecule has 5 nitrogen and oxygen atoms in total. The fourth-order valence-corrected chi connectivity index (χ4v) is 3.71. The average molecular weight is 757 g/mol. The molecule has 3 heterocycles. The summed E-state index contributed by atoms with van der Waals surface area (Å²) in [6.45, 7) is 0. The van der Waals surface area contributed by atoms with Gasteiger partial charge in [-0.3, -0.25) is 33.5 Å². The predicted molar refractivity (Wildman–Crippen MR) is 151 cm³/mol. The second-order valence-electron chi connectivity index (χ2n) is 8.69. The number of rotatable bonds is 3. The minimum Gasteiger partial charge on any atom is -0.366 e. The number of aryl methyl sites for hydroxylation is 2. The number of halogens is 4. The molecular formula is C33H22F4IrN5. The van der Waals surface area contributed by atoms with Crippen LogP contribution in [-0.2, 0) is 34.2 Å². The quantitative estimate of drug-likeness (QED) is 0.111. The van der Waals surface area contributed by atoms with Crippen LogP contribution in [0.4, 0.5) is 17.6 Å². The summed E-state index contributed by atoms with van der Waals surface area (Å²) in [5.41, 5.74) is 1.71. The van der Waals surface area contributed by atoms with E-state index in [0.29, 0.717) is 17.3 Å². The normalized spacial score (nSPS) is 9.88. The van der Waals surface area contributed by atoms with E-state index in [4.69, 9.17) is 6.42 Å². The molecule has 43 heavy (non-hydrogen) atoms. The summed E-state index contributed by atoms with van der Waals surface area (Å²) in [5.74, 6) is 0.366. The molecule has 10 heteroatoms. The number of hydrogen-bond donors (Lipinski definition) is 0. The maximum atomic E-state index is 14.0. The zero-order chi connectivity index (χ0) is 30.1. The summed E-state index contributed by atoms with van der Waals surface area (Å²) in [4.78, 5) is 12.1. The molecule has 0 aliphatic heterocycles. The van der Waals surface area contributed by atoms with Crippen molar-refractivity contribution in [2.75, 3.05) is 0 Å². The molecule has 216 valence electrons. The molecule has 0 unspecified atom stereocenters. The van der Waals surface area contributed by atoms with Crippen LogP contribution in [0.15, 0.2) is 97.7 Å². The molecule has 0 radical (unpaired) electrons. The van der Waals surface area contributed by atoms with Crippen molar-refractivity contribution in [1.82, 2.24) is 24.1 Å². The third-order valence-electron chi connectivity index (χ3n) is 5.77. The number of imidazole rings is 2. The van der Waals surface area contributed by atoms with Gasteiger partial charge in [-0.15, -0.1) is 35.9 Å². The minimum atomic E-state index is -0.699. The van der Waals surface area contributed by atoms with Crippen molar-refractivity contribution in [3.63, 3.8) is 0 Å². The first kappa shape index (κ1) is 32.7. The first-order valence-corrected chi connectivity index (χ1v) is 12.4. The van der Waals surface area contributed by atoms with E-state index >= 15 is 0 Å². The molecule has 0 saturated heterocycles. The predicted octanol–water partition coefficient (Wildman–Crippen LogP) is 7.01. The summed E-state index contributed by atoms with van der Waals surface area (Å²) >= 11 is 0. The Morgan fingerprint density at radius 3 is 1.70 bits per heavy atom. The SMILES string of the molecule is Cn1ccnc1-c1[c-]c(-c2nccn2C)c(F)cc1F.Fc1c[c-]c(-c2ccccn2)c(F)c1.[C-]#Cc1ccccc1.[Ir+3]. The summed E-state index contributed by atoms with van der Waals surface area (Å²) in [5, 5.41) is 0. The Labute approximate surface area is 260 Å². The van der Waals surface area contributed by atoms with E-state index in [9.17, 15) is 17.6 Å². The molecule has 0 fully saturated rings. The van der Waals surface area contributed by atoms with Crippen LogP contribution in [0, 0.1) is 47.7 Å². The van der Waals surface area contributed by atoms with Crippen LogP contribution in [0.25, 0.3) is 34.0 Å². The van der Waals surface area contributed by atoms with Crippen LogP contribution in [0.2, 0.25) is 0 Å². The van der Waals surface area contributed by atoms with Gasteiger partial charge >= 0.3 is 20.1 Å². The van der Waals surface area contributed by atoms with Gasteiger partial charge in [0.05, 0.1) is 23.3 Å². The zero-order valence-electron chi connectivity index (χ0n) is 22.8. The zero-order valence-corrected chi connectivity index (χ0v) is 25.2. The van der Waals surface area contributed by atoms with E-state index in [1.807, 2.05) is 30.3 Å². The summed E-state index contributed by atoms with van der Waals surface area (Å²) in [6, 6.07) is 22.5. The van der Waals surface area contributed by atoms with Crippen LogP contribution < -0.4 is 0 Å². The van der Waals surface area contributed by atoms with Crippen molar-refractivity contribution >= 4 is 0 Å². The van der Waals surface area contributed by atoms with Crippen molar-refractivity contribution in [3.8, 4) is 40.0 Å². The van der Waals surface area contributed by atoms with E-state index in [1.54, 1.807) is 72.4 Å². The van der Waals surface area contributed by atoms with Crippen molar-refractivity contribution in [1.29, 1.82) is 0 Å². The maximum absolute atomic E-state index is 14.0. The molecule has 3 aromatic heterocycles. The van der Waals surface area contributed by atoms with Gasteiger partial charge in [-0.05, 0) is 22.9 Å². The van der Waals surface area contributed by atoms with Gasteiger partial charge in [-0.1, -0.05) is 48.0 Å². The minimum absolute atomic E-state index is 0. The number of pyridine rings is 1. The van der Waals surface area contributed by atoms with E-state index in [1.165, 1.54) is 0 Å². The number of aromatic nitrogens is 5. The Bertz CT molecular complexity index is 1750. The van der Waals surface area contributed by atoms with Crippen LogP contribution in [-0.4, -0.2) is 24.1 Å². The van der Waals surface area contributed by atoms with Crippen molar-refractivity contribution in [2.45, 2.75) is 0 Å². The molecule has 3 aromatic carbocycles. The standard InChI is InChI=1S/C14H11F2N4.C11H6F2N.C8H5.Ir/c1-19-5-3-17-13(19)9-7-10(12(16)8-11(9)15)14-18-4-6-20(14)2;12-8-4-5-9(10(13)7-8)11-3-1-2-6-14-11;1-2-8-6-4-3-5-7-8;/h3-6,8H,1-2H3;1-4,6-7H;3-7H;/q3*-1;+3. The molecule has 0 bridgehead atoms. The van der Waals surface area contributed by atoms with Crippen LogP contribution in [0.3, 0.4) is 0 Å². The summed E-state index contributed by atoms with van der Waals surface area (Å²) < 4.78 is 57.0. The Hall–Kier alpha value is -4.84. The maximum Gasteiger partial charge on any atom is 3.00 e. The third kappa shape index (κ3) is 8.35. The van der Waals surface area contributed by atoms with Gasteiger partial charge in [0.2, 0.25) is 0 Å². The fraction of sp³-hybridized carbons (Fsp3) is 0.0606. The Kier molecular flexibility index (Phi) is 11.7. The molecule has 0 atom stereocenters. The summed E-state index contributed by atoms with van der Waals surface area (Å²) in [7, 11) is 3.47. The Balaban J connectivity index is 0.000000192. The first-order chi connectivity index (χ1) is 20.3. The molecule has 6 aromatic rings. The number of nitrogens with zero attached hydrogens (tertiary/aromatic N) is 5. The van der Waals surface area contributed by atoms with Crippen molar-refractivity contribution in [2.24, 2.45) is 14.1 Å². The van der Waals surface area contributed by atoms with Gasteiger partial charge in [-0.2, -0.15) is 0 Å². The molecule has 0 aliphatic rings. The Morgan fingerprint density at radius 1 is 0.698 bits per heavy atom. The molecule has 6 rings (SSSR count). The largest absolute Gasteiger partial charge is 3.00 e. The van der Waals surface area contributed by atoms with Crippen molar-refractivity contribution in [3.05, 3.63) is 145 Å². The third-order valence-corrected chi connectivity index (χ3v) is 5.77. The fourth-order valence-electron chi connectivity index (χ4n) is 3.71. The van der Waals surface area contributed by atoms with Crippen LogP contribution in [0.5, 0.6) is 0 Å². The molecule has 0 aliphatic carbocycles. The second-order valence-corrected chi connectivity index (χ2v) is 8.69. The van der Waals surface area contributed by atoms with Gasteiger partial charge in [0.1, 0.15) is 0 Å². The molecule has 0 saturated carbocycles. The monoisotopic (exact) mass is 757 g/mol. The van der Waals surface area contributed by atoms with E-state index in [0.717, 1.165) is 23.8 Å². The van der Waals surface area contributed by atoms with Crippen molar-refractivity contribution < 1.29 is 37.7 Å². The molecular weight excluding hydrogens is 735 g/mol. The molecule has 0 N–H and O–H groups in total.